The maximum Gasteiger partial charge on any atom is 0.251 e. The van der Waals surface area contributed by atoms with Crippen LogP contribution < -0.4 is 10.1 Å². The highest BCUT2D eigenvalue weighted by molar-refractivity contribution is 5.94. The van der Waals surface area contributed by atoms with Crippen molar-refractivity contribution in [3.05, 3.63) is 65.6 Å². The van der Waals surface area contributed by atoms with Gasteiger partial charge in [-0.05, 0) is 42.6 Å². The quantitative estimate of drug-likeness (QED) is 0.779. The van der Waals surface area contributed by atoms with E-state index in [-0.39, 0.29) is 17.2 Å². The molecule has 0 saturated heterocycles. The molecule has 0 aliphatic heterocycles. The van der Waals surface area contributed by atoms with E-state index in [1.807, 2.05) is 19.1 Å². The van der Waals surface area contributed by atoms with Gasteiger partial charge in [-0.25, -0.2) is 4.39 Å². The van der Waals surface area contributed by atoms with Crippen LogP contribution in [0, 0.1) is 12.7 Å². The topological polar surface area (TPSA) is 43.3 Å². The predicted octanol–water partition coefficient (Wildman–Crippen LogP) is 3.53. The average molecular weight is 326 g/mol. The summed E-state index contributed by atoms with van der Waals surface area (Å²) in [5, 5.41) is 4.01. The normalized spacial score (nSPS) is 10.8. The molecule has 24 heavy (non-hydrogen) atoms. The molecule has 1 N–H and O–H groups in total. The summed E-state index contributed by atoms with van der Waals surface area (Å²) < 4.78 is 20.7. The summed E-state index contributed by atoms with van der Waals surface area (Å²) in [5.41, 5.74) is 2.56. The summed E-state index contributed by atoms with van der Waals surface area (Å²) in [6.07, 6.45) is 0. The van der Waals surface area contributed by atoms with Crippen molar-refractivity contribution in [2.24, 2.45) is 0 Å². The number of fused-ring (bicyclic) bond motifs is 1. The highest BCUT2D eigenvalue weighted by atomic mass is 19.1. The van der Waals surface area contributed by atoms with E-state index >= 15 is 0 Å². The lowest BCUT2D eigenvalue weighted by Crippen LogP contribution is -2.27. The third-order valence-corrected chi connectivity index (χ3v) is 4.05. The SMILES string of the molecule is COc1ccc(C(=O)NCCn2c(C)cc3ccccc32)cc1F. The third kappa shape index (κ3) is 3.11. The first-order chi connectivity index (χ1) is 11.6. The van der Waals surface area contributed by atoms with E-state index in [2.05, 4.69) is 28.1 Å². The Morgan fingerprint density at radius 3 is 2.75 bits per heavy atom. The maximum atomic E-state index is 13.7. The maximum absolute atomic E-state index is 13.7. The lowest BCUT2D eigenvalue weighted by molar-refractivity contribution is 0.0952. The molecule has 2 aromatic carbocycles. The van der Waals surface area contributed by atoms with Crippen molar-refractivity contribution < 1.29 is 13.9 Å². The lowest BCUT2D eigenvalue weighted by Gasteiger charge is -2.10. The van der Waals surface area contributed by atoms with E-state index in [1.54, 1.807) is 6.07 Å². The average Bonchev–Trinajstić information content (AvgIpc) is 2.90. The Balaban J connectivity index is 1.66. The second kappa shape index (κ2) is 6.74. The molecule has 5 heteroatoms. The zero-order chi connectivity index (χ0) is 17.1. The van der Waals surface area contributed by atoms with Gasteiger partial charge in [0.15, 0.2) is 11.6 Å². The second-order valence-corrected chi connectivity index (χ2v) is 5.60. The number of aryl methyl sites for hydroxylation is 1. The standard InChI is InChI=1S/C19H19FN2O2/c1-13-11-14-5-3-4-6-17(14)22(13)10-9-21-19(23)15-7-8-18(24-2)16(20)12-15/h3-8,11-12H,9-10H2,1-2H3,(H,21,23). The minimum atomic E-state index is -0.544. The molecule has 3 rings (SSSR count). The molecule has 0 aliphatic carbocycles. The highest BCUT2D eigenvalue weighted by Crippen LogP contribution is 2.19. The van der Waals surface area contributed by atoms with Crippen molar-refractivity contribution >= 4 is 16.8 Å². The molecule has 0 radical (unpaired) electrons. The van der Waals surface area contributed by atoms with Crippen molar-refractivity contribution in [3.63, 3.8) is 0 Å². The molecular weight excluding hydrogens is 307 g/mol. The van der Waals surface area contributed by atoms with Crippen LogP contribution in [-0.4, -0.2) is 24.1 Å². The summed E-state index contributed by atoms with van der Waals surface area (Å²) in [6.45, 7) is 3.16. The molecule has 1 amide bonds. The van der Waals surface area contributed by atoms with Crippen LogP contribution in [0.5, 0.6) is 5.75 Å². The van der Waals surface area contributed by atoms with Gasteiger partial charge in [0.05, 0.1) is 7.11 Å². The largest absolute Gasteiger partial charge is 0.494 e. The van der Waals surface area contributed by atoms with Crippen LogP contribution in [0.2, 0.25) is 0 Å². The monoisotopic (exact) mass is 326 g/mol. The summed E-state index contributed by atoms with van der Waals surface area (Å²) in [4.78, 5) is 12.1. The van der Waals surface area contributed by atoms with Gasteiger partial charge in [-0.2, -0.15) is 0 Å². The number of aromatic nitrogens is 1. The van der Waals surface area contributed by atoms with Gasteiger partial charge in [-0.3, -0.25) is 4.79 Å². The Morgan fingerprint density at radius 1 is 1.21 bits per heavy atom. The van der Waals surface area contributed by atoms with Crippen molar-refractivity contribution in [3.8, 4) is 5.75 Å². The van der Waals surface area contributed by atoms with Crippen molar-refractivity contribution in [1.29, 1.82) is 0 Å². The van der Waals surface area contributed by atoms with Gasteiger partial charge in [0.25, 0.3) is 5.91 Å². The Kier molecular flexibility index (Phi) is 4.51. The van der Waals surface area contributed by atoms with Crippen molar-refractivity contribution in [2.45, 2.75) is 13.5 Å². The third-order valence-electron chi connectivity index (χ3n) is 4.05. The Hall–Kier alpha value is -2.82. The first-order valence-electron chi connectivity index (χ1n) is 7.77. The minimum absolute atomic E-state index is 0.126. The molecule has 0 bridgehead atoms. The zero-order valence-corrected chi connectivity index (χ0v) is 13.7. The van der Waals surface area contributed by atoms with Crippen molar-refractivity contribution in [2.75, 3.05) is 13.7 Å². The number of methoxy groups -OCH3 is 1. The van der Waals surface area contributed by atoms with Crippen LogP contribution in [0.3, 0.4) is 0 Å². The number of hydrogen-bond acceptors (Lipinski definition) is 2. The number of nitrogens with one attached hydrogen (secondary N) is 1. The van der Waals surface area contributed by atoms with Crippen LogP contribution in [0.25, 0.3) is 10.9 Å². The minimum Gasteiger partial charge on any atom is -0.494 e. The molecule has 1 heterocycles. The summed E-state index contributed by atoms with van der Waals surface area (Å²) >= 11 is 0. The number of carbonyl (C=O) groups is 1. The first kappa shape index (κ1) is 16.1. The number of benzene rings is 2. The van der Waals surface area contributed by atoms with Crippen LogP contribution in [0.4, 0.5) is 4.39 Å². The van der Waals surface area contributed by atoms with E-state index in [4.69, 9.17) is 4.74 Å². The van der Waals surface area contributed by atoms with E-state index in [0.29, 0.717) is 13.1 Å². The molecule has 0 fully saturated rings. The van der Waals surface area contributed by atoms with Crippen molar-refractivity contribution in [1.82, 2.24) is 9.88 Å². The van der Waals surface area contributed by atoms with Crippen LogP contribution in [-0.2, 0) is 6.54 Å². The number of nitrogens with zero attached hydrogens (tertiary/aromatic N) is 1. The van der Waals surface area contributed by atoms with Gasteiger partial charge in [-0.1, -0.05) is 18.2 Å². The second-order valence-electron chi connectivity index (χ2n) is 5.60. The molecule has 1 aromatic heterocycles. The summed E-state index contributed by atoms with van der Waals surface area (Å²) in [7, 11) is 1.39. The van der Waals surface area contributed by atoms with E-state index in [1.165, 1.54) is 24.6 Å². The molecule has 0 atom stereocenters. The Labute approximate surface area is 139 Å². The van der Waals surface area contributed by atoms with E-state index < -0.39 is 5.82 Å². The van der Waals surface area contributed by atoms with Crippen LogP contribution >= 0.6 is 0 Å². The molecule has 3 aromatic rings. The van der Waals surface area contributed by atoms with Gasteiger partial charge < -0.3 is 14.6 Å². The molecule has 124 valence electrons. The van der Waals surface area contributed by atoms with E-state index in [0.717, 1.165) is 11.2 Å². The Morgan fingerprint density at radius 2 is 2.00 bits per heavy atom. The van der Waals surface area contributed by atoms with Gasteiger partial charge in [0.1, 0.15) is 0 Å². The lowest BCUT2D eigenvalue weighted by atomic mass is 10.2. The van der Waals surface area contributed by atoms with E-state index in [9.17, 15) is 9.18 Å². The summed E-state index contributed by atoms with van der Waals surface area (Å²) in [6, 6.07) is 14.4. The molecule has 0 saturated carbocycles. The molecule has 4 nitrogen and oxygen atoms in total. The number of rotatable bonds is 5. The molecule has 0 spiro atoms. The first-order valence-corrected chi connectivity index (χ1v) is 7.77. The fraction of sp³-hybridized carbons (Fsp3) is 0.211. The fourth-order valence-electron chi connectivity index (χ4n) is 2.84. The number of hydrogen-bond donors (Lipinski definition) is 1. The predicted molar refractivity (Wildman–Crippen MR) is 92.0 cm³/mol. The summed E-state index contributed by atoms with van der Waals surface area (Å²) in [5.74, 6) is -0.718. The van der Waals surface area contributed by atoms with Gasteiger partial charge in [-0.15, -0.1) is 0 Å². The van der Waals surface area contributed by atoms with Gasteiger partial charge in [0.2, 0.25) is 0 Å². The number of carbonyl (C=O) groups excluding carboxylic acids is 1. The van der Waals surface area contributed by atoms with Gasteiger partial charge in [0, 0.05) is 29.9 Å². The highest BCUT2D eigenvalue weighted by Gasteiger charge is 2.10. The number of halogens is 1. The zero-order valence-electron chi connectivity index (χ0n) is 13.7. The Bertz CT molecular complexity index is 886. The smallest absolute Gasteiger partial charge is 0.251 e. The molecular formula is C19H19FN2O2. The number of amides is 1. The van der Waals surface area contributed by atoms with Crippen LogP contribution in [0.1, 0.15) is 16.1 Å². The fourth-order valence-corrected chi connectivity index (χ4v) is 2.84. The van der Waals surface area contributed by atoms with Crippen LogP contribution in [0.15, 0.2) is 48.5 Å². The number of para-hydroxylation sites is 1. The van der Waals surface area contributed by atoms with Gasteiger partial charge >= 0.3 is 0 Å². The number of ether oxygens (including phenoxy) is 1. The molecule has 0 unspecified atom stereocenters. The molecule has 0 aliphatic rings.